The molecule has 0 radical (unpaired) electrons. The molecule has 4 rings (SSSR count). The summed E-state index contributed by atoms with van der Waals surface area (Å²) in [6.07, 6.45) is 4.81. The van der Waals surface area contributed by atoms with Crippen molar-refractivity contribution in [2.45, 2.75) is 44.6 Å². The summed E-state index contributed by atoms with van der Waals surface area (Å²) in [4.78, 5) is 40.5. The lowest BCUT2D eigenvalue weighted by molar-refractivity contribution is -0.130. The molecule has 1 aliphatic carbocycles. The van der Waals surface area contributed by atoms with Gasteiger partial charge in [0.25, 0.3) is 0 Å². The number of hydrogen-bond donors (Lipinski definition) is 1. The molecule has 1 aromatic heterocycles. The van der Waals surface area contributed by atoms with E-state index in [-0.39, 0.29) is 23.8 Å². The van der Waals surface area contributed by atoms with E-state index in [1.54, 1.807) is 0 Å². The molecule has 1 aliphatic heterocycles. The van der Waals surface area contributed by atoms with Crippen LogP contribution in [-0.4, -0.2) is 42.4 Å². The minimum absolute atomic E-state index is 0.0660. The Morgan fingerprint density at radius 2 is 1.87 bits per heavy atom. The van der Waals surface area contributed by atoms with Crippen molar-refractivity contribution >= 4 is 34.8 Å². The predicted molar refractivity (Wildman–Crippen MR) is 116 cm³/mol. The highest BCUT2D eigenvalue weighted by Crippen LogP contribution is 2.36. The Kier molecular flexibility index (Phi) is 6.18. The van der Waals surface area contributed by atoms with E-state index in [4.69, 9.17) is 4.74 Å². The van der Waals surface area contributed by atoms with Crippen LogP contribution < -0.4 is 5.32 Å². The molecule has 2 aromatic rings. The number of ether oxygens (including phenoxy) is 1. The lowest BCUT2D eigenvalue weighted by Gasteiger charge is -2.34. The van der Waals surface area contributed by atoms with Crippen molar-refractivity contribution in [3.8, 4) is 10.4 Å². The number of rotatable bonds is 5. The number of benzene rings is 1. The number of esters is 1. The smallest absolute Gasteiger partial charge is 0.350 e. The quantitative estimate of drug-likeness (QED) is 0.723. The molecular weight excluding hydrogens is 400 g/mol. The van der Waals surface area contributed by atoms with Crippen LogP contribution in [0.3, 0.4) is 0 Å². The molecule has 2 fully saturated rings. The highest BCUT2D eigenvalue weighted by Gasteiger charge is 2.34. The van der Waals surface area contributed by atoms with Crippen molar-refractivity contribution in [1.82, 2.24) is 4.90 Å². The first kappa shape index (κ1) is 20.6. The SMILES string of the molecule is COC(=O)c1sc(-c2ccccc2)cc1NC(=O)[C@H]1CC[C@H](N2CCCC2=O)CC1. The van der Waals surface area contributed by atoms with Crippen LogP contribution in [0.2, 0.25) is 0 Å². The molecule has 1 saturated carbocycles. The second-order valence-electron chi connectivity index (χ2n) is 7.90. The van der Waals surface area contributed by atoms with Crippen molar-refractivity contribution in [3.05, 3.63) is 41.3 Å². The first-order chi connectivity index (χ1) is 14.6. The Balaban J connectivity index is 1.44. The highest BCUT2D eigenvalue weighted by molar-refractivity contribution is 7.18. The van der Waals surface area contributed by atoms with E-state index in [1.165, 1.54) is 18.4 Å². The number of nitrogens with zero attached hydrogens (tertiary/aromatic N) is 1. The monoisotopic (exact) mass is 426 g/mol. The van der Waals surface area contributed by atoms with Gasteiger partial charge in [0.1, 0.15) is 4.88 Å². The van der Waals surface area contributed by atoms with Crippen LogP contribution in [0.4, 0.5) is 5.69 Å². The van der Waals surface area contributed by atoms with E-state index in [0.29, 0.717) is 17.0 Å². The van der Waals surface area contributed by atoms with E-state index in [9.17, 15) is 14.4 Å². The fraction of sp³-hybridized carbons (Fsp3) is 0.435. The standard InChI is InChI=1S/C23H26N2O4S/c1-29-23(28)21-18(14-19(30-21)15-6-3-2-4-7-15)24-22(27)16-9-11-17(12-10-16)25-13-5-8-20(25)26/h2-4,6-7,14,16-17H,5,8-13H2,1H3,(H,24,27)/t16-,17-. The molecule has 7 heteroatoms. The molecule has 0 unspecified atom stereocenters. The second-order valence-corrected chi connectivity index (χ2v) is 8.95. The lowest BCUT2D eigenvalue weighted by atomic mass is 9.84. The molecule has 30 heavy (non-hydrogen) atoms. The van der Waals surface area contributed by atoms with Gasteiger partial charge in [-0.1, -0.05) is 30.3 Å². The van der Waals surface area contributed by atoms with Gasteiger partial charge in [-0.15, -0.1) is 11.3 Å². The van der Waals surface area contributed by atoms with Crippen molar-refractivity contribution in [3.63, 3.8) is 0 Å². The molecule has 158 valence electrons. The van der Waals surface area contributed by atoms with Crippen LogP contribution in [0.1, 0.15) is 48.2 Å². The number of methoxy groups -OCH3 is 1. The summed E-state index contributed by atoms with van der Waals surface area (Å²) in [7, 11) is 1.34. The summed E-state index contributed by atoms with van der Waals surface area (Å²) < 4.78 is 4.92. The van der Waals surface area contributed by atoms with Gasteiger partial charge in [0.15, 0.2) is 0 Å². The maximum atomic E-state index is 12.9. The molecular formula is C23H26N2O4S. The minimum atomic E-state index is -0.450. The Morgan fingerprint density at radius 1 is 1.13 bits per heavy atom. The molecule has 0 atom stereocenters. The highest BCUT2D eigenvalue weighted by atomic mass is 32.1. The average molecular weight is 427 g/mol. The molecule has 6 nitrogen and oxygen atoms in total. The van der Waals surface area contributed by atoms with Crippen molar-refractivity contribution in [1.29, 1.82) is 0 Å². The topological polar surface area (TPSA) is 75.7 Å². The van der Waals surface area contributed by atoms with Crippen LogP contribution in [-0.2, 0) is 14.3 Å². The number of amides is 2. The molecule has 0 spiro atoms. The molecule has 2 amide bonds. The van der Waals surface area contributed by atoms with E-state index in [1.807, 2.05) is 41.3 Å². The largest absolute Gasteiger partial charge is 0.465 e. The van der Waals surface area contributed by atoms with Crippen LogP contribution in [0.25, 0.3) is 10.4 Å². The van der Waals surface area contributed by atoms with Crippen molar-refractivity contribution in [2.24, 2.45) is 5.92 Å². The zero-order valence-corrected chi connectivity index (χ0v) is 17.9. The Hall–Kier alpha value is -2.67. The first-order valence-corrected chi connectivity index (χ1v) is 11.3. The summed E-state index contributed by atoms with van der Waals surface area (Å²) in [5, 5.41) is 2.97. The molecule has 1 aromatic carbocycles. The molecule has 1 saturated heterocycles. The zero-order valence-electron chi connectivity index (χ0n) is 17.1. The normalized spacial score (nSPS) is 21.5. The second kappa shape index (κ2) is 9.00. The lowest BCUT2D eigenvalue weighted by Crippen LogP contribution is -2.40. The molecule has 0 bridgehead atoms. The Labute approximate surface area is 180 Å². The van der Waals surface area contributed by atoms with Gasteiger partial charge in [0.05, 0.1) is 12.8 Å². The third-order valence-electron chi connectivity index (χ3n) is 6.04. The van der Waals surface area contributed by atoms with E-state index in [2.05, 4.69) is 5.32 Å². The van der Waals surface area contributed by atoms with E-state index < -0.39 is 5.97 Å². The summed E-state index contributed by atoms with van der Waals surface area (Å²) in [5.41, 5.74) is 1.50. The van der Waals surface area contributed by atoms with Gasteiger partial charge in [-0.25, -0.2) is 4.79 Å². The van der Waals surface area contributed by atoms with Crippen LogP contribution in [0.5, 0.6) is 0 Å². The third kappa shape index (κ3) is 4.26. The summed E-state index contributed by atoms with van der Waals surface area (Å²) >= 11 is 1.32. The Bertz CT molecular complexity index is 932. The van der Waals surface area contributed by atoms with Gasteiger partial charge < -0.3 is 15.0 Å². The molecule has 1 N–H and O–H groups in total. The number of likely N-dealkylation sites (tertiary alicyclic amines) is 1. The van der Waals surface area contributed by atoms with Crippen molar-refractivity contribution in [2.75, 3.05) is 19.0 Å². The summed E-state index contributed by atoms with van der Waals surface area (Å²) in [5.74, 6) is -0.376. The number of thiophene rings is 1. The predicted octanol–water partition coefficient (Wildman–Crippen LogP) is 4.32. The fourth-order valence-electron chi connectivity index (χ4n) is 4.41. The van der Waals surface area contributed by atoms with E-state index >= 15 is 0 Å². The Morgan fingerprint density at radius 3 is 2.50 bits per heavy atom. The summed E-state index contributed by atoms with van der Waals surface area (Å²) in [6, 6.07) is 11.9. The number of anilines is 1. The van der Waals surface area contributed by atoms with E-state index in [0.717, 1.165) is 49.1 Å². The maximum Gasteiger partial charge on any atom is 0.350 e. The van der Waals surface area contributed by atoms with Gasteiger partial charge in [-0.3, -0.25) is 9.59 Å². The molecule has 2 aliphatic rings. The first-order valence-electron chi connectivity index (χ1n) is 10.4. The minimum Gasteiger partial charge on any atom is -0.465 e. The number of hydrogen-bond acceptors (Lipinski definition) is 5. The summed E-state index contributed by atoms with van der Waals surface area (Å²) in [6.45, 7) is 0.847. The zero-order chi connectivity index (χ0) is 21.1. The number of carbonyl (C=O) groups is 3. The number of nitrogens with one attached hydrogen (secondary N) is 1. The maximum absolute atomic E-state index is 12.9. The van der Waals surface area contributed by atoms with Crippen molar-refractivity contribution < 1.29 is 19.1 Å². The van der Waals surface area contributed by atoms with Gasteiger partial charge in [-0.05, 0) is 43.7 Å². The average Bonchev–Trinajstić information content (AvgIpc) is 3.40. The third-order valence-corrected chi connectivity index (χ3v) is 7.20. The van der Waals surface area contributed by atoms with Crippen LogP contribution >= 0.6 is 11.3 Å². The van der Waals surface area contributed by atoms with Gasteiger partial charge in [-0.2, -0.15) is 0 Å². The fourth-order valence-corrected chi connectivity index (χ4v) is 5.45. The number of carbonyl (C=O) groups excluding carboxylic acids is 3. The van der Waals surface area contributed by atoms with Gasteiger partial charge in [0.2, 0.25) is 11.8 Å². The van der Waals surface area contributed by atoms with Crippen LogP contribution in [0, 0.1) is 5.92 Å². The van der Waals surface area contributed by atoms with Gasteiger partial charge >= 0.3 is 5.97 Å². The van der Waals surface area contributed by atoms with Crippen LogP contribution in [0.15, 0.2) is 36.4 Å². The molecule has 2 heterocycles. The van der Waals surface area contributed by atoms with Gasteiger partial charge in [0, 0.05) is 29.8 Å².